The predicted octanol–water partition coefficient (Wildman–Crippen LogP) is 0.329. The lowest BCUT2D eigenvalue weighted by molar-refractivity contribution is -0.133. The van der Waals surface area contributed by atoms with E-state index in [2.05, 4.69) is 0 Å². The Bertz CT molecular complexity index is 553. The Hall–Kier alpha value is -0.500. The Kier molecular flexibility index (Phi) is 3.48. The minimum Gasteiger partial charge on any atom is -0.379 e. The Morgan fingerprint density at radius 2 is 1.95 bits per heavy atom. The second-order valence-electron chi connectivity index (χ2n) is 7.15. The molecule has 2 bridgehead atoms. The fraction of sp³-hybridized carbons (Fsp3) is 0.929. The highest BCUT2D eigenvalue weighted by molar-refractivity contribution is 7.89. The van der Waals surface area contributed by atoms with E-state index in [0.717, 1.165) is 6.42 Å². The molecule has 0 spiro atoms. The van der Waals surface area contributed by atoms with Crippen LogP contribution >= 0.6 is 0 Å². The van der Waals surface area contributed by atoms with Gasteiger partial charge in [0.2, 0.25) is 10.0 Å². The lowest BCUT2D eigenvalue weighted by Gasteiger charge is -2.47. The SMILES string of the molecule is CC1(C)[C@@H]2CC[C@@]1(C(N1CCOCC1)S(N)(=O)=O)C(=O)C2. The van der Waals surface area contributed by atoms with Crippen molar-refractivity contribution in [1.29, 1.82) is 0 Å². The van der Waals surface area contributed by atoms with Crippen LogP contribution in [0.2, 0.25) is 0 Å². The van der Waals surface area contributed by atoms with Gasteiger partial charge in [0.25, 0.3) is 0 Å². The molecule has 1 aliphatic heterocycles. The summed E-state index contributed by atoms with van der Waals surface area (Å²) < 4.78 is 30.1. The molecule has 3 atom stereocenters. The lowest BCUT2D eigenvalue weighted by Crippen LogP contribution is -2.62. The molecule has 1 unspecified atom stereocenters. The number of nitrogens with two attached hydrogens (primary N) is 1. The van der Waals surface area contributed by atoms with Gasteiger partial charge in [0.1, 0.15) is 11.2 Å². The van der Waals surface area contributed by atoms with Gasteiger partial charge in [-0.05, 0) is 24.2 Å². The number of primary sulfonamides is 1. The first-order valence-electron chi connectivity index (χ1n) is 7.58. The molecule has 1 saturated heterocycles. The first-order chi connectivity index (χ1) is 9.71. The van der Waals surface area contributed by atoms with Crippen LogP contribution in [0.25, 0.3) is 0 Å². The highest BCUT2D eigenvalue weighted by Crippen LogP contribution is 2.66. The molecule has 120 valence electrons. The van der Waals surface area contributed by atoms with Crippen molar-refractivity contribution in [1.82, 2.24) is 4.90 Å². The molecule has 21 heavy (non-hydrogen) atoms. The van der Waals surface area contributed by atoms with E-state index in [1.807, 2.05) is 18.7 Å². The van der Waals surface area contributed by atoms with Gasteiger partial charge in [-0.2, -0.15) is 0 Å². The molecule has 0 aromatic heterocycles. The molecule has 3 aliphatic rings. The van der Waals surface area contributed by atoms with Gasteiger partial charge in [0, 0.05) is 19.5 Å². The fourth-order valence-corrected chi connectivity index (χ4v) is 6.64. The summed E-state index contributed by atoms with van der Waals surface area (Å²) in [6, 6.07) is 0. The van der Waals surface area contributed by atoms with Gasteiger partial charge in [-0.15, -0.1) is 0 Å². The summed E-state index contributed by atoms with van der Waals surface area (Å²) in [7, 11) is -3.85. The molecule has 2 saturated carbocycles. The van der Waals surface area contributed by atoms with Crippen LogP contribution in [-0.2, 0) is 19.6 Å². The van der Waals surface area contributed by atoms with Gasteiger partial charge in [0.05, 0.1) is 18.6 Å². The third-order valence-electron chi connectivity index (χ3n) is 6.10. The van der Waals surface area contributed by atoms with Gasteiger partial charge in [-0.25, -0.2) is 13.6 Å². The molecule has 0 aromatic carbocycles. The van der Waals surface area contributed by atoms with E-state index in [-0.39, 0.29) is 17.1 Å². The average Bonchev–Trinajstić information content (AvgIpc) is 2.73. The number of Topliss-reactive ketones (excluding diaryl/α,β-unsaturated/α-hetero) is 1. The van der Waals surface area contributed by atoms with Crippen molar-refractivity contribution in [3.05, 3.63) is 0 Å². The number of fused-ring (bicyclic) bond motifs is 2. The fourth-order valence-electron chi connectivity index (χ4n) is 4.90. The second-order valence-corrected chi connectivity index (χ2v) is 8.77. The van der Waals surface area contributed by atoms with Crippen LogP contribution in [-0.4, -0.2) is 50.8 Å². The summed E-state index contributed by atoms with van der Waals surface area (Å²) in [5, 5.41) is 4.68. The van der Waals surface area contributed by atoms with Crippen molar-refractivity contribution in [3.8, 4) is 0 Å². The smallest absolute Gasteiger partial charge is 0.226 e. The number of hydrogen-bond acceptors (Lipinski definition) is 5. The molecular formula is C14H24N2O4S. The maximum atomic E-state index is 12.7. The topological polar surface area (TPSA) is 89.7 Å². The zero-order chi connectivity index (χ0) is 15.5. The molecule has 2 N–H and O–H groups in total. The van der Waals surface area contributed by atoms with Crippen molar-refractivity contribution in [2.75, 3.05) is 26.3 Å². The number of ketones is 1. The molecular weight excluding hydrogens is 292 g/mol. The molecule has 6 nitrogen and oxygen atoms in total. The van der Waals surface area contributed by atoms with Crippen LogP contribution in [0.3, 0.4) is 0 Å². The van der Waals surface area contributed by atoms with E-state index >= 15 is 0 Å². The largest absolute Gasteiger partial charge is 0.379 e. The van der Waals surface area contributed by atoms with Crippen LogP contribution in [0, 0.1) is 16.7 Å². The van der Waals surface area contributed by atoms with Crippen molar-refractivity contribution >= 4 is 15.8 Å². The summed E-state index contributed by atoms with van der Waals surface area (Å²) >= 11 is 0. The van der Waals surface area contributed by atoms with Crippen LogP contribution in [0.15, 0.2) is 0 Å². The summed E-state index contributed by atoms with van der Waals surface area (Å²) in [6.45, 7) is 6.07. The Labute approximate surface area is 126 Å². The van der Waals surface area contributed by atoms with E-state index < -0.39 is 20.8 Å². The number of carbonyl (C=O) groups excluding carboxylic acids is 1. The molecule has 3 fully saturated rings. The zero-order valence-electron chi connectivity index (χ0n) is 12.7. The van der Waals surface area contributed by atoms with Crippen LogP contribution in [0.5, 0.6) is 0 Å². The van der Waals surface area contributed by atoms with E-state index in [1.165, 1.54) is 0 Å². The van der Waals surface area contributed by atoms with E-state index in [1.54, 1.807) is 0 Å². The molecule has 2 aliphatic carbocycles. The number of sulfonamides is 1. The monoisotopic (exact) mass is 316 g/mol. The van der Waals surface area contributed by atoms with Crippen LogP contribution < -0.4 is 5.14 Å². The zero-order valence-corrected chi connectivity index (χ0v) is 13.5. The minimum atomic E-state index is -3.85. The first kappa shape index (κ1) is 15.4. The molecule has 1 heterocycles. The summed E-state index contributed by atoms with van der Waals surface area (Å²) in [4.78, 5) is 14.6. The van der Waals surface area contributed by atoms with Crippen molar-refractivity contribution < 1.29 is 17.9 Å². The van der Waals surface area contributed by atoms with Gasteiger partial charge in [0.15, 0.2) is 0 Å². The molecule has 0 aromatic rings. The van der Waals surface area contributed by atoms with Gasteiger partial charge in [-0.3, -0.25) is 9.69 Å². The van der Waals surface area contributed by atoms with Gasteiger partial charge >= 0.3 is 0 Å². The average molecular weight is 316 g/mol. The van der Waals surface area contributed by atoms with Crippen molar-refractivity contribution in [2.45, 2.75) is 38.5 Å². The molecule has 0 amide bonds. The van der Waals surface area contributed by atoms with Gasteiger partial charge in [-0.1, -0.05) is 13.8 Å². The van der Waals surface area contributed by atoms with E-state index in [0.29, 0.717) is 39.1 Å². The number of hydrogen-bond donors (Lipinski definition) is 1. The summed E-state index contributed by atoms with van der Waals surface area (Å²) in [5.74, 6) is 0.351. The molecule has 0 radical (unpaired) electrons. The standard InChI is InChI=1S/C14H24N2O4S/c1-13(2)10-3-4-14(13,11(17)9-10)12(21(15,18)19)16-5-7-20-8-6-16/h10,12H,3-9H2,1-2H3,(H2,15,18,19)/t10-,12?,14+/m1/s1. The summed E-state index contributed by atoms with van der Waals surface area (Å²) in [5.41, 5.74) is -1.18. The Balaban J connectivity index is 2.09. The summed E-state index contributed by atoms with van der Waals surface area (Å²) in [6.07, 6.45) is 2.03. The predicted molar refractivity (Wildman–Crippen MR) is 77.8 cm³/mol. The highest BCUT2D eigenvalue weighted by atomic mass is 32.2. The van der Waals surface area contributed by atoms with Crippen LogP contribution in [0.1, 0.15) is 33.1 Å². The first-order valence-corrected chi connectivity index (χ1v) is 9.19. The molecule has 3 rings (SSSR count). The Morgan fingerprint density at radius 1 is 1.33 bits per heavy atom. The normalized spacial score (nSPS) is 37.9. The third-order valence-corrected chi connectivity index (χ3v) is 7.42. The quantitative estimate of drug-likeness (QED) is 0.810. The highest BCUT2D eigenvalue weighted by Gasteiger charge is 2.70. The Morgan fingerprint density at radius 3 is 2.38 bits per heavy atom. The number of ether oxygens (including phenoxy) is 1. The lowest BCUT2D eigenvalue weighted by atomic mass is 9.68. The van der Waals surface area contributed by atoms with Crippen LogP contribution in [0.4, 0.5) is 0 Å². The van der Waals surface area contributed by atoms with E-state index in [9.17, 15) is 13.2 Å². The number of rotatable bonds is 3. The van der Waals surface area contributed by atoms with Crippen molar-refractivity contribution in [2.24, 2.45) is 21.9 Å². The maximum absolute atomic E-state index is 12.7. The number of morpholine rings is 1. The minimum absolute atomic E-state index is 0.0780. The second kappa shape index (κ2) is 4.75. The number of carbonyl (C=O) groups is 1. The van der Waals surface area contributed by atoms with E-state index in [4.69, 9.17) is 9.88 Å². The third kappa shape index (κ3) is 2.01. The molecule has 7 heteroatoms. The number of nitrogens with zero attached hydrogens (tertiary/aromatic N) is 1. The van der Waals surface area contributed by atoms with Crippen molar-refractivity contribution in [3.63, 3.8) is 0 Å². The van der Waals surface area contributed by atoms with Gasteiger partial charge < -0.3 is 4.74 Å². The maximum Gasteiger partial charge on any atom is 0.226 e.